The van der Waals surface area contributed by atoms with Gasteiger partial charge in [0.05, 0.1) is 18.5 Å². The molecule has 3 N–H and O–H groups in total. The molecule has 1 aromatic rings. The van der Waals surface area contributed by atoms with Gasteiger partial charge in [-0.15, -0.1) is 0 Å². The molecule has 0 aliphatic heterocycles. The molecule has 3 atom stereocenters. The van der Waals surface area contributed by atoms with Crippen LogP contribution in [0.3, 0.4) is 0 Å². The second-order valence-corrected chi connectivity index (χ2v) is 5.60. The highest BCUT2D eigenvalue weighted by atomic mass is 16.5. The third-order valence-corrected chi connectivity index (χ3v) is 4.03. The number of nitrogens with two attached hydrogens (primary N) is 1. The Morgan fingerprint density at radius 1 is 1.28 bits per heavy atom. The summed E-state index contributed by atoms with van der Waals surface area (Å²) < 4.78 is 5.17. The summed E-state index contributed by atoms with van der Waals surface area (Å²) in [4.78, 5) is 0. The summed E-state index contributed by atoms with van der Waals surface area (Å²) in [5.41, 5.74) is 7.84. The van der Waals surface area contributed by atoms with E-state index in [0.717, 1.165) is 23.0 Å². The van der Waals surface area contributed by atoms with Gasteiger partial charge in [-0.25, -0.2) is 0 Å². The predicted molar refractivity (Wildman–Crippen MR) is 77.0 cm³/mol. The van der Waals surface area contributed by atoms with Crippen molar-refractivity contribution >= 4 is 11.4 Å². The van der Waals surface area contributed by atoms with Crippen molar-refractivity contribution < 1.29 is 4.74 Å². The number of hydrogen-bond donors (Lipinski definition) is 2. The largest absolute Gasteiger partial charge is 0.497 e. The first-order valence-electron chi connectivity index (χ1n) is 6.80. The fourth-order valence-corrected chi connectivity index (χ4v) is 2.88. The molecule has 1 fully saturated rings. The summed E-state index contributed by atoms with van der Waals surface area (Å²) in [6.45, 7) is 4.67. The van der Waals surface area contributed by atoms with E-state index in [-0.39, 0.29) is 0 Å². The SMILES string of the molecule is COc1ccc(NC2CCC(C)CC2C)c(N)c1. The Hall–Kier alpha value is -1.38. The van der Waals surface area contributed by atoms with E-state index in [4.69, 9.17) is 10.5 Å². The fourth-order valence-electron chi connectivity index (χ4n) is 2.88. The highest BCUT2D eigenvalue weighted by Crippen LogP contribution is 2.32. The van der Waals surface area contributed by atoms with Crippen molar-refractivity contribution in [2.75, 3.05) is 18.2 Å². The number of benzene rings is 1. The Kier molecular flexibility index (Phi) is 4.00. The molecule has 1 aliphatic rings. The summed E-state index contributed by atoms with van der Waals surface area (Å²) >= 11 is 0. The molecule has 0 bridgehead atoms. The summed E-state index contributed by atoms with van der Waals surface area (Å²) in [5, 5.41) is 3.59. The first-order chi connectivity index (χ1) is 8.60. The third kappa shape index (κ3) is 2.89. The van der Waals surface area contributed by atoms with Gasteiger partial charge in [0.2, 0.25) is 0 Å². The molecule has 0 spiro atoms. The molecule has 3 heteroatoms. The van der Waals surface area contributed by atoms with Gasteiger partial charge in [-0.3, -0.25) is 0 Å². The predicted octanol–water partition coefficient (Wildman–Crippen LogP) is 3.51. The van der Waals surface area contributed by atoms with E-state index in [1.807, 2.05) is 18.2 Å². The van der Waals surface area contributed by atoms with Crippen molar-refractivity contribution in [1.82, 2.24) is 0 Å². The lowest BCUT2D eigenvalue weighted by atomic mass is 9.80. The Morgan fingerprint density at radius 2 is 2.06 bits per heavy atom. The molecule has 100 valence electrons. The van der Waals surface area contributed by atoms with Gasteiger partial charge in [0.15, 0.2) is 0 Å². The minimum Gasteiger partial charge on any atom is -0.497 e. The van der Waals surface area contributed by atoms with Gasteiger partial charge in [-0.2, -0.15) is 0 Å². The number of rotatable bonds is 3. The van der Waals surface area contributed by atoms with Gasteiger partial charge in [-0.1, -0.05) is 13.8 Å². The maximum atomic E-state index is 6.04. The molecule has 1 aromatic carbocycles. The number of methoxy groups -OCH3 is 1. The minimum absolute atomic E-state index is 0.539. The third-order valence-electron chi connectivity index (χ3n) is 4.03. The van der Waals surface area contributed by atoms with Crippen LogP contribution in [0.1, 0.15) is 33.1 Å². The van der Waals surface area contributed by atoms with Gasteiger partial charge in [0, 0.05) is 12.1 Å². The van der Waals surface area contributed by atoms with Crippen molar-refractivity contribution in [3.8, 4) is 5.75 Å². The zero-order valence-corrected chi connectivity index (χ0v) is 11.6. The average molecular weight is 248 g/mol. The molecule has 0 heterocycles. The van der Waals surface area contributed by atoms with Crippen LogP contribution >= 0.6 is 0 Å². The lowest BCUT2D eigenvalue weighted by molar-refractivity contribution is 0.276. The molecule has 0 radical (unpaired) electrons. The lowest BCUT2D eigenvalue weighted by Crippen LogP contribution is -2.33. The van der Waals surface area contributed by atoms with Gasteiger partial charge in [0.25, 0.3) is 0 Å². The van der Waals surface area contributed by atoms with E-state index in [1.54, 1.807) is 7.11 Å². The first-order valence-corrected chi connectivity index (χ1v) is 6.80. The highest BCUT2D eigenvalue weighted by Gasteiger charge is 2.25. The van der Waals surface area contributed by atoms with Gasteiger partial charge in [-0.05, 0) is 43.2 Å². The second kappa shape index (κ2) is 5.51. The topological polar surface area (TPSA) is 47.3 Å². The number of ether oxygens (including phenoxy) is 1. The van der Waals surface area contributed by atoms with Crippen molar-refractivity contribution in [2.45, 2.75) is 39.2 Å². The highest BCUT2D eigenvalue weighted by molar-refractivity contribution is 5.68. The molecule has 3 unspecified atom stereocenters. The van der Waals surface area contributed by atoms with Crippen LogP contribution < -0.4 is 15.8 Å². The molecule has 0 aromatic heterocycles. The van der Waals surface area contributed by atoms with Crippen LogP contribution in [0.15, 0.2) is 18.2 Å². The van der Waals surface area contributed by atoms with Gasteiger partial charge < -0.3 is 15.8 Å². The summed E-state index contributed by atoms with van der Waals surface area (Å²) in [6.07, 6.45) is 3.83. The lowest BCUT2D eigenvalue weighted by Gasteiger charge is -2.34. The Balaban J connectivity index is 2.05. The zero-order chi connectivity index (χ0) is 13.1. The van der Waals surface area contributed by atoms with Crippen LogP contribution in [0.5, 0.6) is 5.75 Å². The van der Waals surface area contributed by atoms with E-state index in [0.29, 0.717) is 12.0 Å². The summed E-state index contributed by atoms with van der Waals surface area (Å²) in [5.74, 6) is 2.37. The van der Waals surface area contributed by atoms with Crippen LogP contribution in [0.2, 0.25) is 0 Å². The summed E-state index contributed by atoms with van der Waals surface area (Å²) in [6, 6.07) is 6.38. The van der Waals surface area contributed by atoms with Gasteiger partial charge in [0.1, 0.15) is 5.75 Å². The Labute approximate surface area is 110 Å². The maximum absolute atomic E-state index is 6.04. The Bertz CT molecular complexity index is 405. The number of nitrogens with one attached hydrogen (secondary N) is 1. The van der Waals surface area contributed by atoms with E-state index in [9.17, 15) is 0 Å². The van der Waals surface area contributed by atoms with Crippen LogP contribution in [0.4, 0.5) is 11.4 Å². The van der Waals surface area contributed by atoms with E-state index < -0.39 is 0 Å². The van der Waals surface area contributed by atoms with E-state index in [1.165, 1.54) is 19.3 Å². The molecule has 3 nitrogen and oxygen atoms in total. The quantitative estimate of drug-likeness (QED) is 0.805. The number of nitrogen functional groups attached to an aromatic ring is 1. The molecule has 18 heavy (non-hydrogen) atoms. The molecule has 0 saturated heterocycles. The van der Waals surface area contributed by atoms with Crippen molar-refractivity contribution in [2.24, 2.45) is 11.8 Å². The zero-order valence-electron chi connectivity index (χ0n) is 11.6. The number of hydrogen-bond acceptors (Lipinski definition) is 3. The van der Waals surface area contributed by atoms with E-state index in [2.05, 4.69) is 19.2 Å². The molecular formula is C15H24N2O. The van der Waals surface area contributed by atoms with Crippen molar-refractivity contribution in [3.05, 3.63) is 18.2 Å². The van der Waals surface area contributed by atoms with Crippen molar-refractivity contribution in [3.63, 3.8) is 0 Å². The number of anilines is 2. The Morgan fingerprint density at radius 3 is 2.67 bits per heavy atom. The van der Waals surface area contributed by atoms with Crippen LogP contribution in [0, 0.1) is 11.8 Å². The normalized spacial score (nSPS) is 27.8. The standard InChI is InChI=1S/C15H24N2O/c1-10-4-6-14(11(2)8-10)17-15-7-5-12(18-3)9-13(15)16/h5,7,9-11,14,17H,4,6,8,16H2,1-3H3. The van der Waals surface area contributed by atoms with Crippen molar-refractivity contribution in [1.29, 1.82) is 0 Å². The molecule has 1 aliphatic carbocycles. The van der Waals surface area contributed by atoms with Gasteiger partial charge >= 0.3 is 0 Å². The van der Waals surface area contributed by atoms with Crippen LogP contribution in [0.25, 0.3) is 0 Å². The van der Waals surface area contributed by atoms with E-state index >= 15 is 0 Å². The molecule has 1 saturated carbocycles. The van der Waals surface area contributed by atoms with Crippen LogP contribution in [-0.4, -0.2) is 13.2 Å². The molecule has 2 rings (SSSR count). The fraction of sp³-hybridized carbons (Fsp3) is 0.600. The average Bonchev–Trinajstić information content (AvgIpc) is 2.34. The molecular weight excluding hydrogens is 224 g/mol. The molecule has 0 amide bonds. The monoisotopic (exact) mass is 248 g/mol. The minimum atomic E-state index is 0.539. The second-order valence-electron chi connectivity index (χ2n) is 5.60. The smallest absolute Gasteiger partial charge is 0.121 e. The van der Waals surface area contributed by atoms with Crippen LogP contribution in [-0.2, 0) is 0 Å². The summed E-state index contributed by atoms with van der Waals surface area (Å²) in [7, 11) is 1.66. The first kappa shape index (κ1) is 13.1. The maximum Gasteiger partial charge on any atom is 0.121 e.